The van der Waals surface area contributed by atoms with Crippen LogP contribution in [-0.2, 0) is 4.79 Å². The number of piperidine rings is 1. The summed E-state index contributed by atoms with van der Waals surface area (Å²) in [4.78, 5) is 13.1. The van der Waals surface area contributed by atoms with E-state index in [1.54, 1.807) is 0 Å². The van der Waals surface area contributed by atoms with Gasteiger partial charge in [0.15, 0.2) is 0 Å². The van der Waals surface area contributed by atoms with Crippen LogP contribution in [0.2, 0.25) is 0 Å². The fourth-order valence-corrected chi connectivity index (χ4v) is 2.50. The lowest BCUT2D eigenvalue weighted by molar-refractivity contribution is -0.112. The van der Waals surface area contributed by atoms with Gasteiger partial charge in [0.1, 0.15) is 24.4 Å². The quantitative estimate of drug-likeness (QED) is 0.717. The van der Waals surface area contributed by atoms with E-state index in [1.807, 2.05) is 31.2 Å². The maximum absolute atomic E-state index is 10.8. The molecule has 1 saturated heterocycles. The summed E-state index contributed by atoms with van der Waals surface area (Å²) < 4.78 is 11.1. The summed E-state index contributed by atoms with van der Waals surface area (Å²) in [5.74, 6) is 1.93. The first-order valence-corrected chi connectivity index (χ1v) is 7.35. The Balaban J connectivity index is 1.71. The van der Waals surface area contributed by atoms with Crippen molar-refractivity contribution in [2.45, 2.75) is 19.8 Å². The van der Waals surface area contributed by atoms with E-state index in [0.29, 0.717) is 13.2 Å². The summed E-state index contributed by atoms with van der Waals surface area (Å²) in [6.45, 7) is 6.10. The first kappa shape index (κ1) is 14.9. The highest BCUT2D eigenvalue weighted by Gasteiger charge is 2.18. The topological polar surface area (TPSA) is 38.8 Å². The summed E-state index contributed by atoms with van der Waals surface area (Å²) in [6, 6.07) is 7.69. The third-order valence-corrected chi connectivity index (χ3v) is 3.55. The third kappa shape index (κ3) is 4.53. The molecule has 0 amide bonds. The molecule has 1 fully saturated rings. The minimum Gasteiger partial charge on any atom is -0.494 e. The van der Waals surface area contributed by atoms with E-state index in [1.165, 1.54) is 0 Å². The third-order valence-electron chi connectivity index (χ3n) is 3.55. The molecule has 0 bridgehead atoms. The minimum atomic E-state index is 0.203. The standard InChI is InChI=1S/C16H23NO3/c1-2-19-15-5-7-16(8-6-15)20-11-10-17-9-3-4-14(12-17)13-18/h5-8,13-14H,2-4,9-12H2,1H3. The lowest BCUT2D eigenvalue weighted by Crippen LogP contribution is -2.38. The van der Waals surface area contributed by atoms with E-state index >= 15 is 0 Å². The lowest BCUT2D eigenvalue weighted by atomic mass is 10.00. The molecule has 0 aromatic heterocycles. The van der Waals surface area contributed by atoms with Crippen molar-refractivity contribution in [2.75, 3.05) is 32.8 Å². The molecule has 0 saturated carbocycles. The van der Waals surface area contributed by atoms with Crippen LogP contribution < -0.4 is 9.47 Å². The van der Waals surface area contributed by atoms with Crippen LogP contribution in [0.4, 0.5) is 0 Å². The molecule has 0 radical (unpaired) electrons. The van der Waals surface area contributed by atoms with Crippen LogP contribution in [0.15, 0.2) is 24.3 Å². The summed E-state index contributed by atoms with van der Waals surface area (Å²) in [5.41, 5.74) is 0. The van der Waals surface area contributed by atoms with Crippen molar-refractivity contribution in [3.8, 4) is 11.5 Å². The molecule has 1 aromatic rings. The van der Waals surface area contributed by atoms with Crippen molar-refractivity contribution in [2.24, 2.45) is 5.92 Å². The van der Waals surface area contributed by atoms with Crippen molar-refractivity contribution in [3.05, 3.63) is 24.3 Å². The van der Waals surface area contributed by atoms with Gasteiger partial charge < -0.3 is 14.3 Å². The van der Waals surface area contributed by atoms with Gasteiger partial charge in [-0.1, -0.05) is 0 Å². The molecule has 1 aliphatic heterocycles. The second-order valence-electron chi connectivity index (χ2n) is 5.09. The first-order valence-electron chi connectivity index (χ1n) is 7.35. The Morgan fingerprint density at radius 2 is 1.95 bits per heavy atom. The van der Waals surface area contributed by atoms with Gasteiger partial charge in [0.25, 0.3) is 0 Å². The van der Waals surface area contributed by atoms with Crippen LogP contribution in [0.3, 0.4) is 0 Å². The average Bonchev–Trinajstić information content (AvgIpc) is 2.50. The molecular weight excluding hydrogens is 254 g/mol. The highest BCUT2D eigenvalue weighted by molar-refractivity contribution is 5.53. The number of carbonyl (C=O) groups is 1. The Morgan fingerprint density at radius 1 is 1.25 bits per heavy atom. The zero-order valence-electron chi connectivity index (χ0n) is 12.1. The molecular formula is C16H23NO3. The van der Waals surface area contributed by atoms with Gasteiger partial charge in [0.2, 0.25) is 0 Å². The molecule has 1 atom stereocenters. The predicted molar refractivity (Wildman–Crippen MR) is 78.3 cm³/mol. The number of carbonyl (C=O) groups excluding carboxylic acids is 1. The van der Waals surface area contributed by atoms with Gasteiger partial charge in [-0.25, -0.2) is 0 Å². The van der Waals surface area contributed by atoms with Gasteiger partial charge in [0, 0.05) is 19.0 Å². The average molecular weight is 277 g/mol. The Hall–Kier alpha value is -1.55. The van der Waals surface area contributed by atoms with Crippen LogP contribution in [0.1, 0.15) is 19.8 Å². The van der Waals surface area contributed by atoms with E-state index in [0.717, 1.165) is 50.3 Å². The molecule has 2 rings (SSSR count). The number of rotatable bonds is 7. The zero-order chi connectivity index (χ0) is 14.2. The van der Waals surface area contributed by atoms with Gasteiger partial charge in [-0.05, 0) is 50.6 Å². The van der Waals surface area contributed by atoms with E-state index in [4.69, 9.17) is 9.47 Å². The second kappa shape index (κ2) is 7.90. The number of benzene rings is 1. The fraction of sp³-hybridized carbons (Fsp3) is 0.562. The highest BCUT2D eigenvalue weighted by atomic mass is 16.5. The summed E-state index contributed by atoms with van der Waals surface area (Å²) >= 11 is 0. The molecule has 4 heteroatoms. The Labute approximate surface area is 120 Å². The fourth-order valence-electron chi connectivity index (χ4n) is 2.50. The normalized spacial score (nSPS) is 19.6. The molecule has 110 valence electrons. The van der Waals surface area contributed by atoms with Gasteiger partial charge in [-0.2, -0.15) is 0 Å². The number of hydrogen-bond donors (Lipinski definition) is 0. The van der Waals surface area contributed by atoms with E-state index in [2.05, 4.69) is 4.90 Å². The highest BCUT2D eigenvalue weighted by Crippen LogP contribution is 2.18. The molecule has 4 nitrogen and oxygen atoms in total. The second-order valence-corrected chi connectivity index (χ2v) is 5.09. The maximum Gasteiger partial charge on any atom is 0.124 e. The van der Waals surface area contributed by atoms with Gasteiger partial charge in [-0.3, -0.25) is 4.90 Å². The molecule has 1 heterocycles. The zero-order valence-corrected chi connectivity index (χ0v) is 12.1. The molecule has 0 N–H and O–H groups in total. The van der Waals surface area contributed by atoms with Gasteiger partial charge in [0.05, 0.1) is 6.61 Å². The summed E-state index contributed by atoms with van der Waals surface area (Å²) in [7, 11) is 0. The smallest absolute Gasteiger partial charge is 0.124 e. The molecule has 1 aromatic carbocycles. The minimum absolute atomic E-state index is 0.203. The van der Waals surface area contributed by atoms with Crippen molar-refractivity contribution >= 4 is 6.29 Å². The van der Waals surface area contributed by atoms with Crippen LogP contribution in [-0.4, -0.2) is 44.0 Å². The number of ether oxygens (including phenoxy) is 2. The van der Waals surface area contributed by atoms with Crippen molar-refractivity contribution in [3.63, 3.8) is 0 Å². The number of nitrogens with zero attached hydrogens (tertiary/aromatic N) is 1. The predicted octanol–water partition coefficient (Wildman–Crippen LogP) is 2.38. The van der Waals surface area contributed by atoms with Crippen molar-refractivity contribution < 1.29 is 14.3 Å². The van der Waals surface area contributed by atoms with E-state index in [9.17, 15) is 4.79 Å². The number of likely N-dealkylation sites (tertiary alicyclic amines) is 1. The molecule has 0 aliphatic carbocycles. The van der Waals surface area contributed by atoms with Crippen LogP contribution in [0, 0.1) is 5.92 Å². The largest absolute Gasteiger partial charge is 0.494 e. The molecule has 20 heavy (non-hydrogen) atoms. The lowest BCUT2D eigenvalue weighted by Gasteiger charge is -2.29. The monoisotopic (exact) mass is 277 g/mol. The van der Waals surface area contributed by atoms with Crippen molar-refractivity contribution in [1.29, 1.82) is 0 Å². The summed E-state index contributed by atoms with van der Waals surface area (Å²) in [6.07, 6.45) is 3.21. The maximum atomic E-state index is 10.8. The van der Waals surface area contributed by atoms with Crippen LogP contribution >= 0.6 is 0 Å². The van der Waals surface area contributed by atoms with Gasteiger partial charge in [-0.15, -0.1) is 0 Å². The SMILES string of the molecule is CCOc1ccc(OCCN2CCCC(C=O)C2)cc1. The molecule has 1 unspecified atom stereocenters. The van der Waals surface area contributed by atoms with E-state index in [-0.39, 0.29) is 5.92 Å². The van der Waals surface area contributed by atoms with Crippen LogP contribution in [0.25, 0.3) is 0 Å². The van der Waals surface area contributed by atoms with Gasteiger partial charge >= 0.3 is 0 Å². The van der Waals surface area contributed by atoms with Crippen molar-refractivity contribution in [1.82, 2.24) is 4.90 Å². The van der Waals surface area contributed by atoms with Crippen LogP contribution in [0.5, 0.6) is 11.5 Å². The Morgan fingerprint density at radius 3 is 2.60 bits per heavy atom. The summed E-state index contributed by atoms with van der Waals surface area (Å²) in [5, 5.41) is 0. The number of aldehydes is 1. The van der Waals surface area contributed by atoms with E-state index < -0.39 is 0 Å². The number of hydrogen-bond acceptors (Lipinski definition) is 4. The molecule has 1 aliphatic rings. The Kier molecular flexibility index (Phi) is 5.87. The Bertz CT molecular complexity index is 405. The first-order chi connectivity index (χ1) is 9.81. The molecule has 0 spiro atoms.